The Bertz CT molecular complexity index is 1740. The molecule has 6 rings (SSSR count). The summed E-state index contributed by atoms with van der Waals surface area (Å²) in [5, 5.41) is 2.36. The summed E-state index contributed by atoms with van der Waals surface area (Å²) in [6.45, 7) is -0.304. The second kappa shape index (κ2) is 10.9. The van der Waals surface area contributed by atoms with Gasteiger partial charge < -0.3 is 10.1 Å². The number of ether oxygens (including phenoxy) is 1. The van der Waals surface area contributed by atoms with E-state index in [0.29, 0.717) is 27.0 Å². The molecule has 0 spiro atoms. The molecule has 3 amide bonds. The lowest BCUT2D eigenvalue weighted by atomic mass is 9.83. The largest absolute Gasteiger partial charge is 0.497 e. The molecule has 1 saturated heterocycles. The number of nitrogens with one attached hydrogen (secondary N) is 1. The van der Waals surface area contributed by atoms with Gasteiger partial charge in [-0.15, -0.1) is 0 Å². The molecule has 0 bridgehead atoms. The monoisotopic (exact) mass is 653 g/mol. The summed E-state index contributed by atoms with van der Waals surface area (Å²) < 4.78 is 20.6. The fourth-order valence-electron chi connectivity index (χ4n) is 5.18. The number of rotatable bonds is 6. The summed E-state index contributed by atoms with van der Waals surface area (Å²) in [6, 6.07) is 19.5. The van der Waals surface area contributed by atoms with E-state index < -0.39 is 28.8 Å². The van der Waals surface area contributed by atoms with Gasteiger partial charge in [0, 0.05) is 21.0 Å². The van der Waals surface area contributed by atoms with Gasteiger partial charge in [-0.25, -0.2) is 9.29 Å². The quantitative estimate of drug-likeness (QED) is 0.285. The zero-order chi connectivity index (χ0) is 28.8. The Kier molecular flexibility index (Phi) is 7.30. The number of carbonyl (C=O) groups excluding carboxylic acids is 3. The van der Waals surface area contributed by atoms with Crippen LogP contribution in [0.3, 0.4) is 0 Å². The molecule has 2 aliphatic rings. The minimum Gasteiger partial charge on any atom is -0.497 e. The Morgan fingerprint density at radius 2 is 1.76 bits per heavy atom. The van der Waals surface area contributed by atoms with Crippen molar-refractivity contribution in [2.45, 2.75) is 22.7 Å². The third-order valence-corrected chi connectivity index (χ3v) is 10.1. The third kappa shape index (κ3) is 5.00. The van der Waals surface area contributed by atoms with Crippen molar-refractivity contribution in [3.05, 3.63) is 103 Å². The maximum absolute atomic E-state index is 14.0. The predicted molar refractivity (Wildman–Crippen MR) is 158 cm³/mol. The first-order valence-electron chi connectivity index (χ1n) is 12.5. The van der Waals surface area contributed by atoms with Crippen molar-refractivity contribution in [2.24, 2.45) is 5.92 Å². The van der Waals surface area contributed by atoms with Crippen molar-refractivity contribution in [3.8, 4) is 5.75 Å². The Morgan fingerprint density at radius 3 is 2.44 bits per heavy atom. The van der Waals surface area contributed by atoms with E-state index >= 15 is 0 Å². The van der Waals surface area contributed by atoms with Crippen LogP contribution in [0, 0.1) is 11.7 Å². The average Bonchev–Trinajstić information content (AvgIpc) is 3.40. The van der Waals surface area contributed by atoms with Crippen LogP contribution in [0.15, 0.2) is 87.1 Å². The van der Waals surface area contributed by atoms with Gasteiger partial charge in [-0.1, -0.05) is 51.2 Å². The summed E-state index contributed by atoms with van der Waals surface area (Å²) >= 11 is 5.61. The SMILES string of the molecule is COc1ccc(N2C(=O)[C@H]3[C@H](c4cccc(Br)c4)c4sc(=O)n(CC(=O)Nc5ccc(F)cc5)c4S[C@H]3C2=O)cc1. The van der Waals surface area contributed by atoms with Crippen molar-refractivity contribution in [2.75, 3.05) is 17.3 Å². The zero-order valence-corrected chi connectivity index (χ0v) is 24.6. The van der Waals surface area contributed by atoms with Crippen molar-refractivity contribution in [1.29, 1.82) is 0 Å². The van der Waals surface area contributed by atoms with Gasteiger partial charge in [-0.3, -0.25) is 23.7 Å². The van der Waals surface area contributed by atoms with Gasteiger partial charge in [0.15, 0.2) is 0 Å². The molecule has 1 fully saturated rings. The van der Waals surface area contributed by atoms with Gasteiger partial charge in [-0.05, 0) is 66.2 Å². The van der Waals surface area contributed by atoms with E-state index in [4.69, 9.17) is 4.74 Å². The summed E-state index contributed by atoms with van der Waals surface area (Å²) in [5.41, 5.74) is 1.60. The molecule has 1 aromatic heterocycles. The minimum atomic E-state index is -0.804. The number of aromatic nitrogens is 1. The van der Waals surface area contributed by atoms with E-state index in [0.717, 1.165) is 33.1 Å². The highest BCUT2D eigenvalue weighted by atomic mass is 79.9. The van der Waals surface area contributed by atoms with E-state index in [1.165, 1.54) is 40.8 Å². The number of methoxy groups -OCH3 is 1. The van der Waals surface area contributed by atoms with Crippen LogP contribution in [0.1, 0.15) is 16.4 Å². The molecule has 1 N–H and O–H groups in total. The molecule has 2 aliphatic heterocycles. The lowest BCUT2D eigenvalue weighted by Gasteiger charge is -2.30. The van der Waals surface area contributed by atoms with Gasteiger partial charge in [-0.2, -0.15) is 0 Å². The van der Waals surface area contributed by atoms with Crippen molar-refractivity contribution in [3.63, 3.8) is 0 Å². The second-order valence-corrected chi connectivity index (χ2v) is 12.5. The van der Waals surface area contributed by atoms with Crippen LogP contribution in [0.4, 0.5) is 15.8 Å². The molecule has 3 heterocycles. The molecule has 3 aromatic carbocycles. The van der Waals surface area contributed by atoms with Crippen LogP contribution in [0.25, 0.3) is 0 Å². The summed E-state index contributed by atoms with van der Waals surface area (Å²) in [4.78, 5) is 55.4. The van der Waals surface area contributed by atoms with Crippen LogP contribution >= 0.6 is 39.0 Å². The van der Waals surface area contributed by atoms with E-state index in [1.807, 2.05) is 24.3 Å². The first-order chi connectivity index (χ1) is 19.7. The topological polar surface area (TPSA) is 97.7 Å². The molecular formula is C29H21BrFN3O5S2. The van der Waals surface area contributed by atoms with Gasteiger partial charge >= 0.3 is 4.87 Å². The molecular weight excluding hydrogens is 633 g/mol. The first kappa shape index (κ1) is 27.4. The number of amides is 3. The van der Waals surface area contributed by atoms with E-state index in [9.17, 15) is 23.6 Å². The molecule has 0 radical (unpaired) electrons. The predicted octanol–water partition coefficient (Wildman–Crippen LogP) is 5.25. The number of hydrogen-bond acceptors (Lipinski definition) is 7. The van der Waals surface area contributed by atoms with Crippen molar-refractivity contribution in [1.82, 2.24) is 4.57 Å². The number of benzene rings is 3. The number of halogens is 2. The minimum absolute atomic E-state index is 0.304. The van der Waals surface area contributed by atoms with Gasteiger partial charge in [0.05, 0.1) is 23.7 Å². The molecule has 41 heavy (non-hydrogen) atoms. The standard InChI is InChI=1S/C29H21BrFN3O5S2/c1-39-20-11-9-19(10-12-20)34-26(36)23-22(15-3-2-4-16(30)13-15)25-28(40-24(23)27(34)37)33(29(38)41-25)14-21(35)32-18-7-5-17(31)6-8-18/h2-13,22-24H,14H2,1H3,(H,32,35)/t22-,23-,24+/m0/s1. The normalized spacial score (nSPS) is 19.6. The first-order valence-corrected chi connectivity index (χ1v) is 15.0. The number of imide groups is 1. The smallest absolute Gasteiger partial charge is 0.308 e. The molecule has 8 nitrogen and oxygen atoms in total. The summed E-state index contributed by atoms with van der Waals surface area (Å²) in [5.74, 6) is -2.39. The van der Waals surface area contributed by atoms with Gasteiger partial charge in [0.2, 0.25) is 17.7 Å². The van der Waals surface area contributed by atoms with Crippen LogP contribution in [0.2, 0.25) is 0 Å². The van der Waals surface area contributed by atoms with Gasteiger partial charge in [0.1, 0.15) is 23.4 Å². The Labute approximate surface area is 250 Å². The molecule has 208 valence electrons. The van der Waals surface area contributed by atoms with Crippen molar-refractivity contribution < 1.29 is 23.5 Å². The number of fused-ring (bicyclic) bond motifs is 2. The maximum atomic E-state index is 14.0. The maximum Gasteiger partial charge on any atom is 0.308 e. The highest BCUT2D eigenvalue weighted by Gasteiger charge is 2.56. The van der Waals surface area contributed by atoms with Crippen LogP contribution in [0.5, 0.6) is 5.75 Å². The van der Waals surface area contributed by atoms with E-state index in [1.54, 1.807) is 24.3 Å². The number of carbonyl (C=O) groups is 3. The van der Waals surface area contributed by atoms with Crippen LogP contribution in [-0.4, -0.2) is 34.6 Å². The Hall–Kier alpha value is -3.74. The third-order valence-electron chi connectivity index (χ3n) is 7.02. The summed E-state index contributed by atoms with van der Waals surface area (Å²) in [6.07, 6.45) is 0. The number of nitrogens with zero attached hydrogens (tertiary/aromatic N) is 2. The molecule has 0 unspecified atom stereocenters. The highest BCUT2D eigenvalue weighted by Crippen LogP contribution is 2.54. The number of anilines is 2. The van der Waals surface area contributed by atoms with E-state index in [-0.39, 0.29) is 23.2 Å². The molecule has 0 aliphatic carbocycles. The molecule has 3 atom stereocenters. The van der Waals surface area contributed by atoms with Gasteiger partial charge in [0.25, 0.3) is 0 Å². The Morgan fingerprint density at radius 1 is 1.02 bits per heavy atom. The van der Waals surface area contributed by atoms with Crippen LogP contribution in [-0.2, 0) is 20.9 Å². The zero-order valence-electron chi connectivity index (χ0n) is 21.4. The van der Waals surface area contributed by atoms with E-state index in [2.05, 4.69) is 21.2 Å². The van der Waals surface area contributed by atoms with Crippen molar-refractivity contribution >= 4 is 68.1 Å². The fourth-order valence-corrected chi connectivity index (χ4v) is 8.37. The number of hydrogen-bond donors (Lipinski definition) is 1. The Balaban J connectivity index is 1.40. The lowest BCUT2D eigenvalue weighted by Crippen LogP contribution is -2.33. The summed E-state index contributed by atoms with van der Waals surface area (Å²) in [7, 11) is 1.53. The second-order valence-electron chi connectivity index (χ2n) is 9.49. The average molecular weight is 655 g/mol. The fraction of sp³-hybridized carbons (Fsp3) is 0.172. The lowest BCUT2D eigenvalue weighted by molar-refractivity contribution is -0.122. The highest BCUT2D eigenvalue weighted by molar-refractivity contribution is 9.10. The number of thiazole rings is 1. The number of thioether (sulfide) groups is 1. The van der Waals surface area contributed by atoms with Crippen LogP contribution < -0.4 is 19.8 Å². The molecule has 12 heteroatoms. The molecule has 0 saturated carbocycles. The molecule has 4 aromatic rings.